The fraction of sp³-hybridized carbons (Fsp3) is 0.235. The van der Waals surface area contributed by atoms with Crippen LogP contribution in [0.15, 0.2) is 60.7 Å². The van der Waals surface area contributed by atoms with Gasteiger partial charge in [-0.3, -0.25) is 4.79 Å². The second kappa shape index (κ2) is 4.09. The van der Waals surface area contributed by atoms with E-state index in [4.69, 9.17) is 0 Å². The summed E-state index contributed by atoms with van der Waals surface area (Å²) in [6.07, 6.45) is 0.963. The molecular formula is C17H16O. The number of hydrogen-bond acceptors (Lipinski definition) is 1. The molecule has 0 radical (unpaired) electrons. The van der Waals surface area contributed by atoms with Crippen molar-refractivity contribution in [3.05, 3.63) is 71.8 Å². The molecule has 18 heavy (non-hydrogen) atoms. The van der Waals surface area contributed by atoms with E-state index >= 15 is 0 Å². The van der Waals surface area contributed by atoms with E-state index in [0.717, 1.165) is 12.0 Å². The molecule has 1 fully saturated rings. The number of hydrogen-bond donors (Lipinski definition) is 0. The third-order valence-electron chi connectivity index (χ3n) is 4.05. The van der Waals surface area contributed by atoms with Crippen molar-refractivity contribution >= 4 is 5.78 Å². The van der Waals surface area contributed by atoms with Gasteiger partial charge < -0.3 is 0 Å². The Morgan fingerprint density at radius 1 is 1.00 bits per heavy atom. The van der Waals surface area contributed by atoms with Crippen LogP contribution in [-0.2, 0) is 5.41 Å². The van der Waals surface area contributed by atoms with Crippen molar-refractivity contribution < 1.29 is 4.79 Å². The van der Waals surface area contributed by atoms with Gasteiger partial charge in [0.15, 0.2) is 5.78 Å². The highest BCUT2D eigenvalue weighted by molar-refractivity contribution is 6.01. The minimum atomic E-state index is 0.0359. The number of ketones is 1. The summed E-state index contributed by atoms with van der Waals surface area (Å²) in [5.74, 6) is 0.421. The van der Waals surface area contributed by atoms with E-state index in [0.29, 0.717) is 0 Å². The highest BCUT2D eigenvalue weighted by atomic mass is 16.1. The molecule has 1 saturated carbocycles. The lowest BCUT2D eigenvalue weighted by atomic mass is 9.92. The van der Waals surface area contributed by atoms with Crippen LogP contribution >= 0.6 is 0 Å². The molecule has 1 heteroatoms. The van der Waals surface area contributed by atoms with Crippen molar-refractivity contribution in [1.82, 2.24) is 0 Å². The quantitative estimate of drug-likeness (QED) is 0.740. The first kappa shape index (κ1) is 11.2. The third-order valence-corrected chi connectivity index (χ3v) is 4.05. The van der Waals surface area contributed by atoms with E-state index in [1.165, 1.54) is 5.56 Å². The molecule has 2 aromatic carbocycles. The Hall–Kier alpha value is -1.89. The van der Waals surface area contributed by atoms with Gasteiger partial charge in [0, 0.05) is 16.9 Å². The average molecular weight is 236 g/mol. The fourth-order valence-electron chi connectivity index (χ4n) is 2.69. The zero-order chi connectivity index (χ0) is 12.6. The van der Waals surface area contributed by atoms with Crippen molar-refractivity contribution in [2.75, 3.05) is 0 Å². The predicted octanol–water partition coefficient (Wildman–Crippen LogP) is 3.85. The third kappa shape index (κ3) is 1.76. The van der Waals surface area contributed by atoms with Crippen LogP contribution in [0.1, 0.15) is 29.3 Å². The van der Waals surface area contributed by atoms with Gasteiger partial charge in [-0.25, -0.2) is 0 Å². The second-order valence-electron chi connectivity index (χ2n) is 5.27. The highest BCUT2D eigenvalue weighted by Crippen LogP contribution is 2.55. The van der Waals surface area contributed by atoms with E-state index < -0.39 is 0 Å². The summed E-state index contributed by atoms with van der Waals surface area (Å²) in [5.41, 5.74) is 2.15. The lowest BCUT2D eigenvalue weighted by molar-refractivity contribution is 0.0959. The summed E-state index contributed by atoms with van der Waals surface area (Å²) >= 11 is 0. The molecule has 0 bridgehead atoms. The van der Waals surface area contributed by atoms with Crippen LogP contribution in [0.5, 0.6) is 0 Å². The first-order chi connectivity index (χ1) is 8.72. The Kier molecular flexibility index (Phi) is 2.55. The molecule has 0 spiro atoms. The van der Waals surface area contributed by atoms with E-state index in [9.17, 15) is 4.79 Å². The van der Waals surface area contributed by atoms with Crippen LogP contribution < -0.4 is 0 Å². The maximum atomic E-state index is 12.4. The highest BCUT2D eigenvalue weighted by Gasteiger charge is 2.55. The zero-order valence-corrected chi connectivity index (χ0v) is 10.5. The largest absolute Gasteiger partial charge is 0.294 e. The molecule has 1 aliphatic carbocycles. The number of carbonyl (C=O) groups excluding carboxylic acids is 1. The standard InChI is InChI=1S/C17H16O/c1-17(14-10-6-3-7-11-14)12-15(17)16(18)13-8-4-2-5-9-13/h2-11,15H,12H2,1H3. The summed E-state index contributed by atoms with van der Waals surface area (Å²) in [5, 5.41) is 0. The van der Waals surface area contributed by atoms with Gasteiger partial charge >= 0.3 is 0 Å². The van der Waals surface area contributed by atoms with Crippen LogP contribution in [-0.4, -0.2) is 5.78 Å². The first-order valence-electron chi connectivity index (χ1n) is 6.36. The van der Waals surface area contributed by atoms with Gasteiger partial charge in [0.25, 0.3) is 0 Å². The number of benzene rings is 2. The Morgan fingerprint density at radius 2 is 1.56 bits per heavy atom. The van der Waals surface area contributed by atoms with Gasteiger partial charge in [-0.1, -0.05) is 67.6 Å². The normalized spacial score (nSPS) is 25.7. The predicted molar refractivity (Wildman–Crippen MR) is 72.7 cm³/mol. The summed E-state index contributed by atoms with van der Waals surface area (Å²) in [6, 6.07) is 20.0. The van der Waals surface area contributed by atoms with E-state index in [1.807, 2.05) is 48.5 Å². The van der Waals surface area contributed by atoms with Crippen molar-refractivity contribution in [2.45, 2.75) is 18.8 Å². The monoisotopic (exact) mass is 236 g/mol. The molecular weight excluding hydrogens is 220 g/mol. The van der Waals surface area contributed by atoms with Gasteiger partial charge in [-0.2, -0.15) is 0 Å². The second-order valence-corrected chi connectivity index (χ2v) is 5.27. The van der Waals surface area contributed by atoms with Crippen molar-refractivity contribution in [2.24, 2.45) is 5.92 Å². The van der Waals surface area contributed by atoms with Crippen LogP contribution in [0.4, 0.5) is 0 Å². The molecule has 1 nitrogen and oxygen atoms in total. The molecule has 2 aromatic rings. The minimum absolute atomic E-state index is 0.0359. The van der Waals surface area contributed by atoms with Crippen molar-refractivity contribution in [3.8, 4) is 0 Å². The molecule has 2 unspecified atom stereocenters. The molecule has 2 atom stereocenters. The Bertz CT molecular complexity index is 559. The van der Waals surface area contributed by atoms with Crippen molar-refractivity contribution in [3.63, 3.8) is 0 Å². The van der Waals surface area contributed by atoms with Crippen LogP contribution in [0.3, 0.4) is 0 Å². The van der Waals surface area contributed by atoms with E-state index in [-0.39, 0.29) is 17.1 Å². The van der Waals surface area contributed by atoms with Crippen LogP contribution in [0, 0.1) is 5.92 Å². The molecule has 0 heterocycles. The molecule has 0 N–H and O–H groups in total. The van der Waals surface area contributed by atoms with Gasteiger partial charge in [-0.15, -0.1) is 0 Å². The molecule has 0 aromatic heterocycles. The maximum absolute atomic E-state index is 12.4. The van der Waals surface area contributed by atoms with Crippen LogP contribution in [0.25, 0.3) is 0 Å². The Balaban J connectivity index is 1.84. The SMILES string of the molecule is CC1(c2ccccc2)CC1C(=O)c1ccccc1. The number of carbonyl (C=O) groups is 1. The summed E-state index contributed by atoms with van der Waals surface area (Å²) < 4.78 is 0. The maximum Gasteiger partial charge on any atom is 0.166 e. The van der Waals surface area contributed by atoms with Gasteiger partial charge in [0.1, 0.15) is 0 Å². The first-order valence-corrected chi connectivity index (χ1v) is 6.36. The van der Waals surface area contributed by atoms with E-state index in [2.05, 4.69) is 19.1 Å². The molecule has 1 aliphatic rings. The molecule has 3 rings (SSSR count). The van der Waals surface area contributed by atoms with Gasteiger partial charge in [0.2, 0.25) is 0 Å². The summed E-state index contributed by atoms with van der Waals surface area (Å²) in [4.78, 5) is 12.4. The summed E-state index contributed by atoms with van der Waals surface area (Å²) in [7, 11) is 0. The summed E-state index contributed by atoms with van der Waals surface area (Å²) in [6.45, 7) is 2.19. The Morgan fingerprint density at radius 3 is 2.17 bits per heavy atom. The van der Waals surface area contributed by atoms with Crippen LogP contribution in [0.2, 0.25) is 0 Å². The van der Waals surface area contributed by atoms with Gasteiger partial charge in [-0.05, 0) is 12.0 Å². The number of Topliss-reactive ketones (excluding diaryl/α,β-unsaturated/α-hetero) is 1. The Labute approximate surface area is 107 Å². The smallest absolute Gasteiger partial charge is 0.166 e. The zero-order valence-electron chi connectivity index (χ0n) is 10.5. The average Bonchev–Trinajstić information content (AvgIpc) is 3.14. The fourth-order valence-corrected chi connectivity index (χ4v) is 2.69. The molecule has 0 saturated heterocycles. The topological polar surface area (TPSA) is 17.1 Å². The van der Waals surface area contributed by atoms with Gasteiger partial charge in [0.05, 0.1) is 0 Å². The lowest BCUT2D eigenvalue weighted by Gasteiger charge is -2.11. The molecule has 90 valence electrons. The number of rotatable bonds is 3. The van der Waals surface area contributed by atoms with E-state index in [1.54, 1.807) is 0 Å². The molecule has 0 aliphatic heterocycles. The minimum Gasteiger partial charge on any atom is -0.294 e. The van der Waals surface area contributed by atoms with Crippen molar-refractivity contribution in [1.29, 1.82) is 0 Å². The lowest BCUT2D eigenvalue weighted by Crippen LogP contribution is -2.12. The molecule has 0 amide bonds.